The highest BCUT2D eigenvalue weighted by Gasteiger charge is 2.29. The zero-order valence-electron chi connectivity index (χ0n) is 13.2. The number of carbonyl (C=O) groups excluding carboxylic acids is 1. The molecule has 0 unspecified atom stereocenters. The number of rotatable bonds is 7. The maximum atomic E-state index is 11.5. The largest absolute Gasteiger partial charge is 0.493 e. The van der Waals surface area contributed by atoms with Gasteiger partial charge in [0.25, 0.3) is 0 Å². The first-order chi connectivity index (χ1) is 11.2. The highest BCUT2D eigenvalue weighted by atomic mass is 16.5. The van der Waals surface area contributed by atoms with E-state index >= 15 is 0 Å². The zero-order valence-corrected chi connectivity index (χ0v) is 13.2. The third-order valence-electron chi connectivity index (χ3n) is 3.70. The van der Waals surface area contributed by atoms with Gasteiger partial charge in [0.15, 0.2) is 11.5 Å². The maximum absolute atomic E-state index is 11.5. The Bertz CT molecular complexity index is 694. The Morgan fingerprint density at radius 3 is 2.78 bits per heavy atom. The quantitative estimate of drug-likeness (QED) is 0.838. The normalized spacial score (nSPS) is 13.7. The monoisotopic (exact) mass is 317 g/mol. The SMILES string of the molecule is COc1ccc(-c2noc(CCNC(=O)C3CC3)n2)cc1OC. The first-order valence-corrected chi connectivity index (χ1v) is 7.54. The van der Waals surface area contributed by atoms with E-state index in [4.69, 9.17) is 14.0 Å². The van der Waals surface area contributed by atoms with Crippen LogP contribution in [-0.2, 0) is 11.2 Å². The Morgan fingerprint density at radius 2 is 2.09 bits per heavy atom. The van der Waals surface area contributed by atoms with E-state index in [-0.39, 0.29) is 11.8 Å². The van der Waals surface area contributed by atoms with Crippen LogP contribution in [0.5, 0.6) is 11.5 Å². The molecular formula is C16H19N3O4. The Morgan fingerprint density at radius 1 is 1.30 bits per heavy atom. The zero-order chi connectivity index (χ0) is 16.2. The Labute approximate surface area is 134 Å². The molecule has 1 amide bonds. The van der Waals surface area contributed by atoms with E-state index in [0.717, 1.165) is 18.4 Å². The number of methoxy groups -OCH3 is 2. The molecule has 3 rings (SSSR count). The van der Waals surface area contributed by atoms with Crippen LogP contribution in [0.25, 0.3) is 11.4 Å². The van der Waals surface area contributed by atoms with Gasteiger partial charge in [-0.15, -0.1) is 0 Å². The van der Waals surface area contributed by atoms with Crippen LogP contribution in [-0.4, -0.2) is 36.8 Å². The molecule has 0 aliphatic heterocycles. The molecule has 0 spiro atoms. The topological polar surface area (TPSA) is 86.5 Å². The highest BCUT2D eigenvalue weighted by molar-refractivity contribution is 5.80. The second kappa shape index (κ2) is 6.68. The average molecular weight is 317 g/mol. The average Bonchev–Trinajstić information content (AvgIpc) is 3.33. The lowest BCUT2D eigenvalue weighted by atomic mass is 10.2. The molecule has 0 radical (unpaired) electrons. The van der Waals surface area contributed by atoms with Crippen LogP contribution in [0.4, 0.5) is 0 Å². The maximum Gasteiger partial charge on any atom is 0.228 e. The summed E-state index contributed by atoms with van der Waals surface area (Å²) in [4.78, 5) is 15.9. The van der Waals surface area contributed by atoms with Crippen molar-refractivity contribution in [3.8, 4) is 22.9 Å². The van der Waals surface area contributed by atoms with Gasteiger partial charge in [0, 0.05) is 24.4 Å². The second-order valence-electron chi connectivity index (χ2n) is 5.40. The van der Waals surface area contributed by atoms with E-state index in [9.17, 15) is 4.79 Å². The van der Waals surface area contributed by atoms with Crippen LogP contribution in [0.15, 0.2) is 22.7 Å². The minimum atomic E-state index is 0.115. The predicted octanol–water partition coefficient (Wildman–Crippen LogP) is 1.82. The van der Waals surface area contributed by atoms with Gasteiger partial charge in [0.05, 0.1) is 14.2 Å². The van der Waals surface area contributed by atoms with Crippen molar-refractivity contribution in [2.45, 2.75) is 19.3 Å². The van der Waals surface area contributed by atoms with Gasteiger partial charge in [0.2, 0.25) is 17.6 Å². The second-order valence-corrected chi connectivity index (χ2v) is 5.40. The van der Waals surface area contributed by atoms with E-state index in [2.05, 4.69) is 15.5 Å². The van der Waals surface area contributed by atoms with Crippen molar-refractivity contribution in [2.24, 2.45) is 5.92 Å². The predicted molar refractivity (Wildman–Crippen MR) is 82.3 cm³/mol. The lowest BCUT2D eigenvalue weighted by Crippen LogP contribution is -2.26. The van der Waals surface area contributed by atoms with Crippen molar-refractivity contribution in [1.29, 1.82) is 0 Å². The molecule has 1 aromatic carbocycles. The van der Waals surface area contributed by atoms with Crippen molar-refractivity contribution in [2.75, 3.05) is 20.8 Å². The number of hydrogen-bond acceptors (Lipinski definition) is 6. The standard InChI is InChI=1S/C16H19N3O4/c1-21-12-6-5-11(9-13(12)22-2)15-18-14(23-19-15)7-8-17-16(20)10-3-4-10/h5-6,9-10H,3-4,7-8H2,1-2H3,(H,17,20). The molecule has 0 bridgehead atoms. The molecule has 23 heavy (non-hydrogen) atoms. The summed E-state index contributed by atoms with van der Waals surface area (Å²) in [5.41, 5.74) is 0.777. The lowest BCUT2D eigenvalue weighted by Gasteiger charge is -2.07. The van der Waals surface area contributed by atoms with E-state index in [1.54, 1.807) is 26.4 Å². The van der Waals surface area contributed by atoms with Gasteiger partial charge >= 0.3 is 0 Å². The third kappa shape index (κ3) is 3.61. The summed E-state index contributed by atoms with van der Waals surface area (Å²) in [5.74, 6) is 2.54. The number of carbonyl (C=O) groups is 1. The summed E-state index contributed by atoms with van der Waals surface area (Å²) in [7, 11) is 3.16. The number of benzene rings is 1. The van der Waals surface area contributed by atoms with Gasteiger partial charge in [-0.1, -0.05) is 5.16 Å². The van der Waals surface area contributed by atoms with Gasteiger partial charge < -0.3 is 19.3 Å². The fourth-order valence-corrected chi connectivity index (χ4v) is 2.23. The number of hydrogen-bond donors (Lipinski definition) is 1. The van der Waals surface area contributed by atoms with Gasteiger partial charge in [-0.05, 0) is 31.0 Å². The van der Waals surface area contributed by atoms with Crippen molar-refractivity contribution in [1.82, 2.24) is 15.5 Å². The molecule has 122 valence electrons. The van der Waals surface area contributed by atoms with Crippen LogP contribution in [0.2, 0.25) is 0 Å². The smallest absolute Gasteiger partial charge is 0.228 e. The molecule has 1 N–H and O–H groups in total. The fourth-order valence-electron chi connectivity index (χ4n) is 2.23. The summed E-state index contributed by atoms with van der Waals surface area (Å²) >= 11 is 0. The van der Waals surface area contributed by atoms with Crippen LogP contribution in [0, 0.1) is 5.92 Å². The molecule has 1 saturated carbocycles. The summed E-state index contributed by atoms with van der Waals surface area (Å²) in [6.07, 6.45) is 2.50. The fraction of sp³-hybridized carbons (Fsp3) is 0.438. The number of ether oxygens (including phenoxy) is 2. The lowest BCUT2D eigenvalue weighted by molar-refractivity contribution is -0.122. The Hall–Kier alpha value is -2.57. The van der Waals surface area contributed by atoms with E-state index in [1.165, 1.54) is 0 Å². The summed E-state index contributed by atoms with van der Waals surface area (Å²) in [6, 6.07) is 5.42. The van der Waals surface area contributed by atoms with Crippen LogP contribution >= 0.6 is 0 Å². The Balaban J connectivity index is 1.63. The van der Waals surface area contributed by atoms with Crippen molar-refractivity contribution in [3.05, 3.63) is 24.1 Å². The van der Waals surface area contributed by atoms with Gasteiger partial charge in [0.1, 0.15) is 0 Å². The number of aromatic nitrogens is 2. The van der Waals surface area contributed by atoms with Crippen LogP contribution in [0.1, 0.15) is 18.7 Å². The molecule has 1 aliphatic rings. The van der Waals surface area contributed by atoms with Crippen LogP contribution < -0.4 is 14.8 Å². The first-order valence-electron chi connectivity index (χ1n) is 7.54. The Kier molecular flexibility index (Phi) is 4.45. The number of nitrogens with one attached hydrogen (secondary N) is 1. The summed E-state index contributed by atoms with van der Waals surface area (Å²) < 4.78 is 15.7. The van der Waals surface area contributed by atoms with Gasteiger partial charge in [-0.25, -0.2) is 0 Å². The van der Waals surface area contributed by atoms with Crippen molar-refractivity contribution >= 4 is 5.91 Å². The summed E-state index contributed by atoms with van der Waals surface area (Å²) in [6.45, 7) is 0.503. The minimum Gasteiger partial charge on any atom is -0.493 e. The van der Waals surface area contributed by atoms with Crippen molar-refractivity contribution < 1.29 is 18.8 Å². The molecule has 2 aromatic rings. The first kappa shape index (κ1) is 15.3. The van der Waals surface area contributed by atoms with E-state index in [0.29, 0.717) is 36.2 Å². The summed E-state index contributed by atoms with van der Waals surface area (Å²) in [5, 5.41) is 6.84. The molecule has 1 aromatic heterocycles. The van der Waals surface area contributed by atoms with E-state index < -0.39 is 0 Å². The molecule has 1 fully saturated rings. The molecule has 0 saturated heterocycles. The van der Waals surface area contributed by atoms with Gasteiger partial charge in [-0.3, -0.25) is 4.79 Å². The molecule has 1 heterocycles. The van der Waals surface area contributed by atoms with E-state index in [1.807, 2.05) is 6.07 Å². The molecular weight excluding hydrogens is 298 g/mol. The van der Waals surface area contributed by atoms with Crippen molar-refractivity contribution in [3.63, 3.8) is 0 Å². The van der Waals surface area contributed by atoms with Crippen LogP contribution in [0.3, 0.4) is 0 Å². The third-order valence-corrected chi connectivity index (χ3v) is 3.70. The molecule has 7 heteroatoms. The number of amides is 1. The minimum absolute atomic E-state index is 0.115. The molecule has 7 nitrogen and oxygen atoms in total. The highest BCUT2D eigenvalue weighted by Crippen LogP contribution is 2.31. The number of nitrogens with zero attached hydrogens (tertiary/aromatic N) is 2. The van der Waals surface area contributed by atoms with Gasteiger partial charge in [-0.2, -0.15) is 4.98 Å². The molecule has 0 atom stereocenters. The molecule has 1 aliphatic carbocycles.